The van der Waals surface area contributed by atoms with Crippen LogP contribution in [0, 0.1) is 16.7 Å². The maximum absolute atomic E-state index is 13.3. The third-order valence-electron chi connectivity index (χ3n) is 4.13. The van der Waals surface area contributed by atoms with E-state index in [1.807, 2.05) is 12.1 Å². The number of pyridine rings is 1. The highest BCUT2D eigenvalue weighted by atomic mass is 79.9. The summed E-state index contributed by atoms with van der Waals surface area (Å²) in [6.07, 6.45) is 5.02. The maximum atomic E-state index is 13.3. The van der Waals surface area contributed by atoms with E-state index in [-0.39, 0.29) is 16.9 Å². The standard InChI is InChI=1S/C22H18BrN3O2S/c1-22(2,3)19(27)17(13-24)21-26(16-6-4-5-15(23)12-16)20(28)18(29-21)11-14-7-9-25-10-8-14/h4-12H,1-3H3/b18-11-,21-17-. The molecule has 0 unspecified atom stereocenters. The van der Waals surface area contributed by atoms with E-state index in [1.165, 1.54) is 4.57 Å². The van der Waals surface area contributed by atoms with Gasteiger partial charge in [0.1, 0.15) is 16.3 Å². The number of halogens is 1. The summed E-state index contributed by atoms with van der Waals surface area (Å²) in [5.74, 6) is -0.305. The van der Waals surface area contributed by atoms with E-state index in [0.717, 1.165) is 21.4 Å². The summed E-state index contributed by atoms with van der Waals surface area (Å²) < 4.78 is 2.99. The highest BCUT2D eigenvalue weighted by Gasteiger charge is 2.27. The Morgan fingerprint density at radius 1 is 1.24 bits per heavy atom. The largest absolute Gasteiger partial charge is 0.293 e. The van der Waals surface area contributed by atoms with Crippen LogP contribution in [0.25, 0.3) is 17.3 Å². The lowest BCUT2D eigenvalue weighted by atomic mass is 9.87. The Bertz CT molecular complexity index is 1290. The number of nitriles is 1. The molecule has 7 heteroatoms. The van der Waals surface area contributed by atoms with E-state index in [0.29, 0.717) is 14.9 Å². The molecule has 29 heavy (non-hydrogen) atoms. The number of thiazole rings is 1. The van der Waals surface area contributed by atoms with Gasteiger partial charge in [-0.2, -0.15) is 5.26 Å². The van der Waals surface area contributed by atoms with Crippen LogP contribution in [0.3, 0.4) is 0 Å². The molecule has 0 radical (unpaired) electrons. The fraction of sp³-hybridized carbons (Fsp3) is 0.182. The minimum atomic E-state index is -0.748. The zero-order chi connectivity index (χ0) is 21.2. The topological polar surface area (TPSA) is 75.8 Å². The van der Waals surface area contributed by atoms with Crippen molar-refractivity contribution in [3.63, 3.8) is 0 Å². The van der Waals surface area contributed by atoms with Crippen molar-refractivity contribution in [2.24, 2.45) is 5.41 Å². The molecule has 0 saturated heterocycles. The summed E-state index contributed by atoms with van der Waals surface area (Å²) >= 11 is 4.56. The lowest BCUT2D eigenvalue weighted by Crippen LogP contribution is -2.33. The van der Waals surface area contributed by atoms with E-state index in [4.69, 9.17) is 0 Å². The first-order chi connectivity index (χ1) is 13.7. The number of aromatic nitrogens is 2. The molecule has 1 aromatic carbocycles. The molecule has 3 rings (SSSR count). The third kappa shape index (κ3) is 4.44. The fourth-order valence-corrected chi connectivity index (χ4v) is 4.17. The number of hydrogen-bond donors (Lipinski definition) is 0. The van der Waals surface area contributed by atoms with Gasteiger partial charge in [0.15, 0.2) is 5.78 Å². The molecule has 0 atom stereocenters. The van der Waals surface area contributed by atoms with Crippen molar-refractivity contribution < 1.29 is 4.79 Å². The summed E-state index contributed by atoms with van der Waals surface area (Å²) in [7, 11) is 0. The molecule has 0 aliphatic carbocycles. The van der Waals surface area contributed by atoms with Crippen LogP contribution < -0.4 is 14.8 Å². The Labute approximate surface area is 180 Å². The van der Waals surface area contributed by atoms with E-state index in [2.05, 4.69) is 20.9 Å². The van der Waals surface area contributed by atoms with Crippen molar-refractivity contribution in [1.29, 1.82) is 5.26 Å². The average molecular weight is 468 g/mol. The summed E-state index contributed by atoms with van der Waals surface area (Å²) in [6, 6.07) is 12.8. The molecule has 5 nitrogen and oxygen atoms in total. The Balaban J connectivity index is 2.45. The van der Waals surface area contributed by atoms with Gasteiger partial charge in [-0.25, -0.2) is 0 Å². The second-order valence-electron chi connectivity index (χ2n) is 7.38. The first kappa shape index (κ1) is 20.9. The van der Waals surface area contributed by atoms with Gasteiger partial charge in [-0.05, 0) is 42.0 Å². The minimum Gasteiger partial charge on any atom is -0.293 e. The van der Waals surface area contributed by atoms with Crippen LogP contribution in [-0.2, 0) is 4.79 Å². The van der Waals surface area contributed by atoms with E-state index in [9.17, 15) is 14.9 Å². The van der Waals surface area contributed by atoms with Gasteiger partial charge in [0.2, 0.25) is 0 Å². The number of carbonyl (C=O) groups is 1. The maximum Gasteiger partial charge on any atom is 0.273 e. The smallest absolute Gasteiger partial charge is 0.273 e. The fourth-order valence-electron chi connectivity index (χ4n) is 2.68. The molecule has 0 spiro atoms. The van der Waals surface area contributed by atoms with E-state index in [1.54, 1.807) is 69.6 Å². The molecule has 0 saturated carbocycles. The molecule has 0 fully saturated rings. The van der Waals surface area contributed by atoms with Crippen LogP contribution in [0.1, 0.15) is 26.3 Å². The van der Waals surface area contributed by atoms with Crippen LogP contribution in [0.5, 0.6) is 0 Å². The summed E-state index contributed by atoms with van der Waals surface area (Å²) in [5.41, 5.74) is 0.345. The van der Waals surface area contributed by atoms with Gasteiger partial charge in [0.25, 0.3) is 5.56 Å². The Morgan fingerprint density at radius 3 is 2.52 bits per heavy atom. The number of nitrogens with zero attached hydrogens (tertiary/aromatic N) is 3. The van der Waals surface area contributed by atoms with Crippen LogP contribution in [0.4, 0.5) is 0 Å². The van der Waals surface area contributed by atoms with Crippen molar-refractivity contribution >= 4 is 44.7 Å². The number of ketones is 1. The molecule has 0 amide bonds. The zero-order valence-electron chi connectivity index (χ0n) is 16.1. The summed E-state index contributed by atoms with van der Waals surface area (Å²) in [4.78, 5) is 30.2. The second kappa shape index (κ2) is 8.27. The Kier molecular flexibility index (Phi) is 5.96. The first-order valence-corrected chi connectivity index (χ1v) is 10.4. The molecule has 0 aliphatic heterocycles. The van der Waals surface area contributed by atoms with Crippen LogP contribution in [0.15, 0.2) is 58.1 Å². The first-order valence-electron chi connectivity index (χ1n) is 8.81. The normalized spacial score (nSPS) is 13.1. The summed E-state index contributed by atoms with van der Waals surface area (Å²) in [5, 5.41) is 9.78. The number of Topliss-reactive ketones (excluding diaryl/α,β-unsaturated/α-hetero) is 1. The molecular weight excluding hydrogens is 450 g/mol. The Hall–Kier alpha value is -2.82. The number of benzene rings is 1. The van der Waals surface area contributed by atoms with Gasteiger partial charge < -0.3 is 0 Å². The molecule has 0 N–H and O–H groups in total. The highest BCUT2D eigenvalue weighted by molar-refractivity contribution is 9.10. The van der Waals surface area contributed by atoms with Crippen LogP contribution in [0.2, 0.25) is 0 Å². The van der Waals surface area contributed by atoms with Crippen LogP contribution in [-0.4, -0.2) is 15.3 Å². The molecule has 0 bridgehead atoms. The molecule has 0 aliphatic rings. The highest BCUT2D eigenvalue weighted by Crippen LogP contribution is 2.20. The average Bonchev–Trinajstić information content (AvgIpc) is 2.98. The minimum absolute atomic E-state index is 0.0195. The van der Waals surface area contributed by atoms with Crippen molar-refractivity contribution in [3.05, 3.63) is 78.4 Å². The number of rotatable bonds is 3. The number of hydrogen-bond acceptors (Lipinski definition) is 5. The van der Waals surface area contributed by atoms with Crippen molar-refractivity contribution in [1.82, 2.24) is 9.55 Å². The second-order valence-corrected chi connectivity index (χ2v) is 9.33. The van der Waals surface area contributed by atoms with Crippen molar-refractivity contribution in [2.45, 2.75) is 20.8 Å². The predicted octanol–water partition coefficient (Wildman–Crippen LogP) is 3.17. The lowest BCUT2D eigenvalue weighted by molar-refractivity contribution is -0.120. The molecule has 2 heterocycles. The molecule has 2 aromatic heterocycles. The van der Waals surface area contributed by atoms with Gasteiger partial charge in [0.05, 0.1) is 10.2 Å². The van der Waals surface area contributed by atoms with Gasteiger partial charge >= 0.3 is 0 Å². The molecule has 3 aromatic rings. The number of carbonyl (C=O) groups excluding carboxylic acids is 1. The van der Waals surface area contributed by atoms with Crippen molar-refractivity contribution in [2.75, 3.05) is 0 Å². The predicted molar refractivity (Wildman–Crippen MR) is 118 cm³/mol. The molecular formula is C22H18BrN3O2S. The van der Waals surface area contributed by atoms with E-state index < -0.39 is 5.41 Å². The van der Waals surface area contributed by atoms with Crippen LogP contribution >= 0.6 is 27.3 Å². The Morgan fingerprint density at radius 2 is 1.93 bits per heavy atom. The van der Waals surface area contributed by atoms with Crippen molar-refractivity contribution in [3.8, 4) is 11.8 Å². The lowest BCUT2D eigenvalue weighted by Gasteiger charge is -2.15. The zero-order valence-corrected chi connectivity index (χ0v) is 18.5. The third-order valence-corrected chi connectivity index (χ3v) is 5.71. The van der Waals surface area contributed by atoms with Gasteiger partial charge in [-0.1, -0.05) is 42.8 Å². The SMILES string of the molecule is CC(C)(C)C(=O)/C(C#N)=c1\s/c(=C\c2ccncc2)c(=O)n1-c1cccc(Br)c1. The van der Waals surface area contributed by atoms with Gasteiger partial charge in [-0.15, -0.1) is 11.3 Å². The summed E-state index contributed by atoms with van der Waals surface area (Å²) in [6.45, 7) is 5.27. The van der Waals surface area contributed by atoms with Gasteiger partial charge in [-0.3, -0.25) is 19.1 Å². The quantitative estimate of drug-likeness (QED) is 0.592. The molecule has 146 valence electrons. The van der Waals surface area contributed by atoms with E-state index >= 15 is 0 Å². The monoisotopic (exact) mass is 467 g/mol. The van der Waals surface area contributed by atoms with Gasteiger partial charge in [0, 0.05) is 22.3 Å².